The van der Waals surface area contributed by atoms with Crippen LogP contribution in [-0.4, -0.2) is 5.78 Å². The number of hydrogen-bond donors (Lipinski definition) is 0. The molecule has 1 saturated carbocycles. The zero-order chi connectivity index (χ0) is 9.97. The van der Waals surface area contributed by atoms with Crippen LogP contribution in [0, 0.1) is 11.8 Å². The van der Waals surface area contributed by atoms with Gasteiger partial charge >= 0.3 is 0 Å². The summed E-state index contributed by atoms with van der Waals surface area (Å²) in [6, 6.07) is 4.07. The average Bonchev–Trinajstić information content (AvgIpc) is 2.75. The van der Waals surface area contributed by atoms with Crippen LogP contribution in [0.25, 0.3) is 0 Å². The van der Waals surface area contributed by atoms with E-state index in [9.17, 15) is 4.79 Å². The molecule has 1 fully saturated rings. The molecule has 0 amide bonds. The summed E-state index contributed by atoms with van der Waals surface area (Å²) in [5, 5.41) is 2.04. The topological polar surface area (TPSA) is 17.1 Å². The molecule has 0 aromatic carbocycles. The molecule has 0 N–H and O–H groups in total. The van der Waals surface area contributed by atoms with Gasteiger partial charge in [0.1, 0.15) is 5.78 Å². The number of carbonyl (C=O) groups excluding carboxylic acids is 1. The number of thiophene rings is 1. The Bertz CT molecular complexity index is 302. The van der Waals surface area contributed by atoms with Crippen molar-refractivity contribution in [2.24, 2.45) is 11.8 Å². The second-order valence-electron chi connectivity index (χ2n) is 4.34. The Labute approximate surface area is 89.1 Å². The predicted octanol–water partition coefficient (Wildman–Crippen LogP) is 3.30. The molecule has 0 saturated heterocycles. The van der Waals surface area contributed by atoms with Crippen LogP contribution in [0.2, 0.25) is 0 Å². The minimum atomic E-state index is 0.354. The zero-order valence-corrected chi connectivity index (χ0v) is 9.35. The van der Waals surface area contributed by atoms with Crippen LogP contribution in [0.15, 0.2) is 17.5 Å². The van der Waals surface area contributed by atoms with Crippen LogP contribution < -0.4 is 0 Å². The van der Waals surface area contributed by atoms with E-state index in [1.165, 1.54) is 11.3 Å². The molecule has 1 aromatic heterocycles. The molecular weight excluding hydrogens is 192 g/mol. The summed E-state index contributed by atoms with van der Waals surface area (Å²) in [5.41, 5.74) is 0. The lowest BCUT2D eigenvalue weighted by Crippen LogP contribution is -2.13. The van der Waals surface area contributed by atoms with Gasteiger partial charge in [0, 0.05) is 17.2 Å². The van der Waals surface area contributed by atoms with Crippen LogP contribution >= 0.6 is 11.3 Å². The van der Waals surface area contributed by atoms with E-state index in [1.54, 1.807) is 11.3 Å². The average molecular weight is 208 g/mol. The first kappa shape index (κ1) is 9.91. The molecule has 1 nitrogen and oxygen atoms in total. The van der Waals surface area contributed by atoms with Gasteiger partial charge in [-0.15, -0.1) is 11.3 Å². The van der Waals surface area contributed by atoms with Crippen molar-refractivity contribution in [2.75, 3.05) is 0 Å². The van der Waals surface area contributed by atoms with E-state index < -0.39 is 0 Å². The minimum absolute atomic E-state index is 0.354. The van der Waals surface area contributed by atoms with Gasteiger partial charge in [0.15, 0.2) is 0 Å². The highest BCUT2D eigenvalue weighted by Crippen LogP contribution is 2.31. The van der Waals surface area contributed by atoms with Gasteiger partial charge < -0.3 is 0 Å². The monoisotopic (exact) mass is 208 g/mol. The lowest BCUT2D eigenvalue weighted by molar-refractivity contribution is -0.122. The Hall–Kier alpha value is -0.630. The summed E-state index contributed by atoms with van der Waals surface area (Å²) in [4.78, 5) is 13.1. The number of rotatable bonds is 3. The van der Waals surface area contributed by atoms with E-state index in [4.69, 9.17) is 0 Å². The Kier molecular flexibility index (Phi) is 3.02. The highest BCUT2D eigenvalue weighted by molar-refractivity contribution is 7.10. The second kappa shape index (κ2) is 4.26. The van der Waals surface area contributed by atoms with Crippen molar-refractivity contribution in [2.45, 2.75) is 32.6 Å². The van der Waals surface area contributed by atoms with Gasteiger partial charge in [-0.3, -0.25) is 4.79 Å². The molecule has 0 bridgehead atoms. The van der Waals surface area contributed by atoms with Crippen molar-refractivity contribution < 1.29 is 4.79 Å². The highest BCUT2D eigenvalue weighted by Gasteiger charge is 2.27. The van der Waals surface area contributed by atoms with E-state index >= 15 is 0 Å². The largest absolute Gasteiger partial charge is 0.299 e. The molecular formula is C12H16OS. The molecule has 2 atom stereocenters. The van der Waals surface area contributed by atoms with Crippen molar-refractivity contribution in [3.63, 3.8) is 0 Å². The van der Waals surface area contributed by atoms with Crippen LogP contribution in [0.1, 0.15) is 31.1 Å². The molecule has 2 unspecified atom stereocenters. The van der Waals surface area contributed by atoms with Crippen LogP contribution in [0.4, 0.5) is 0 Å². The number of carbonyl (C=O) groups is 1. The van der Waals surface area contributed by atoms with Gasteiger partial charge in [-0.05, 0) is 36.6 Å². The summed E-state index contributed by atoms with van der Waals surface area (Å²) in [6.45, 7) is 2.25. The quantitative estimate of drug-likeness (QED) is 0.745. The van der Waals surface area contributed by atoms with Crippen molar-refractivity contribution >= 4 is 17.1 Å². The number of hydrogen-bond acceptors (Lipinski definition) is 2. The molecule has 1 aromatic rings. The fourth-order valence-electron chi connectivity index (χ4n) is 2.23. The van der Waals surface area contributed by atoms with E-state index in [1.807, 2.05) is 11.4 Å². The maximum atomic E-state index is 11.9. The summed E-state index contributed by atoms with van der Waals surface area (Å²) < 4.78 is 0. The van der Waals surface area contributed by atoms with Gasteiger partial charge in [-0.2, -0.15) is 0 Å². The summed E-state index contributed by atoms with van der Waals surface area (Å²) in [6.07, 6.45) is 4.13. The number of ketones is 1. The van der Waals surface area contributed by atoms with E-state index in [-0.39, 0.29) is 0 Å². The van der Waals surface area contributed by atoms with Crippen molar-refractivity contribution in [3.8, 4) is 0 Å². The third kappa shape index (κ3) is 2.24. The van der Waals surface area contributed by atoms with Crippen LogP contribution in [-0.2, 0) is 11.2 Å². The Morgan fingerprint density at radius 3 is 3.00 bits per heavy atom. The van der Waals surface area contributed by atoms with Crippen molar-refractivity contribution in [3.05, 3.63) is 22.4 Å². The molecule has 1 aliphatic carbocycles. The van der Waals surface area contributed by atoms with Crippen LogP contribution in [0.5, 0.6) is 0 Å². The smallest absolute Gasteiger partial charge is 0.141 e. The summed E-state index contributed by atoms with van der Waals surface area (Å²) >= 11 is 1.69. The maximum Gasteiger partial charge on any atom is 0.141 e. The van der Waals surface area contributed by atoms with E-state index in [0.717, 1.165) is 18.8 Å². The Morgan fingerprint density at radius 2 is 2.43 bits per heavy atom. The third-order valence-electron chi connectivity index (χ3n) is 3.08. The first-order chi connectivity index (χ1) is 6.75. The molecule has 0 radical (unpaired) electrons. The Morgan fingerprint density at radius 1 is 1.57 bits per heavy atom. The van der Waals surface area contributed by atoms with Gasteiger partial charge in [0.2, 0.25) is 0 Å². The fraction of sp³-hybridized carbons (Fsp3) is 0.583. The molecule has 0 aliphatic heterocycles. The fourth-order valence-corrected chi connectivity index (χ4v) is 2.94. The lowest BCUT2D eigenvalue weighted by atomic mass is 9.98. The second-order valence-corrected chi connectivity index (χ2v) is 5.37. The zero-order valence-electron chi connectivity index (χ0n) is 8.53. The van der Waals surface area contributed by atoms with Crippen LogP contribution in [0.3, 0.4) is 0 Å². The Balaban J connectivity index is 1.90. The molecule has 76 valence electrons. The van der Waals surface area contributed by atoms with E-state index in [2.05, 4.69) is 13.0 Å². The molecule has 1 aliphatic rings. The summed E-state index contributed by atoms with van der Waals surface area (Å²) in [5.74, 6) is 1.57. The van der Waals surface area contributed by atoms with Gasteiger partial charge in [-0.25, -0.2) is 0 Å². The molecule has 2 rings (SSSR count). The predicted molar refractivity (Wildman–Crippen MR) is 59.5 cm³/mol. The summed E-state index contributed by atoms with van der Waals surface area (Å²) in [7, 11) is 0. The number of Topliss-reactive ketones (excluding diaryl/α,β-unsaturated/α-hetero) is 1. The van der Waals surface area contributed by atoms with Gasteiger partial charge in [0.25, 0.3) is 0 Å². The molecule has 1 heterocycles. The van der Waals surface area contributed by atoms with Crippen molar-refractivity contribution in [1.29, 1.82) is 0 Å². The SMILES string of the molecule is CC1CCC(C(=O)Cc2cccs2)C1. The lowest BCUT2D eigenvalue weighted by Gasteiger charge is -2.06. The highest BCUT2D eigenvalue weighted by atomic mass is 32.1. The first-order valence-corrected chi connectivity index (χ1v) is 6.19. The van der Waals surface area contributed by atoms with Gasteiger partial charge in [0.05, 0.1) is 0 Å². The molecule has 2 heteroatoms. The normalized spacial score (nSPS) is 26.6. The standard InChI is InChI=1S/C12H16OS/c1-9-4-5-10(7-9)12(13)8-11-3-2-6-14-11/h2-3,6,9-10H,4-5,7-8H2,1H3. The maximum absolute atomic E-state index is 11.9. The molecule has 14 heavy (non-hydrogen) atoms. The van der Waals surface area contributed by atoms with Gasteiger partial charge in [-0.1, -0.05) is 13.0 Å². The third-order valence-corrected chi connectivity index (χ3v) is 3.96. The van der Waals surface area contributed by atoms with Crippen molar-refractivity contribution in [1.82, 2.24) is 0 Å². The minimum Gasteiger partial charge on any atom is -0.299 e. The first-order valence-electron chi connectivity index (χ1n) is 5.31. The van der Waals surface area contributed by atoms with E-state index in [0.29, 0.717) is 18.1 Å². The molecule has 0 spiro atoms.